The number of halogens is 2. The lowest BCUT2D eigenvalue weighted by Crippen LogP contribution is -2.00. The molecule has 0 spiro atoms. The molecule has 0 amide bonds. The molecule has 1 heterocycles. The van der Waals surface area contributed by atoms with E-state index in [1.165, 1.54) is 24.5 Å². The number of nitrogens with zero attached hydrogens (tertiary/aromatic N) is 3. The molecule has 4 nitrogen and oxygen atoms in total. The predicted molar refractivity (Wildman–Crippen MR) is 69.1 cm³/mol. The van der Waals surface area contributed by atoms with Crippen LogP contribution in [-0.2, 0) is 0 Å². The van der Waals surface area contributed by atoms with Crippen molar-refractivity contribution in [2.75, 3.05) is 5.32 Å². The van der Waals surface area contributed by atoms with Gasteiger partial charge in [0.25, 0.3) is 0 Å². The van der Waals surface area contributed by atoms with Crippen LogP contribution in [0.3, 0.4) is 0 Å². The first-order valence-corrected chi connectivity index (χ1v) is 5.72. The van der Waals surface area contributed by atoms with Crippen LogP contribution in [0.4, 0.5) is 15.9 Å². The number of benzene rings is 1. The highest BCUT2D eigenvalue weighted by molar-refractivity contribution is 14.1. The van der Waals surface area contributed by atoms with Crippen LogP contribution in [0.15, 0.2) is 30.6 Å². The average molecular weight is 340 g/mol. The van der Waals surface area contributed by atoms with E-state index in [2.05, 4.69) is 15.3 Å². The molecular weight excluding hydrogens is 334 g/mol. The van der Waals surface area contributed by atoms with Crippen LogP contribution in [0.2, 0.25) is 0 Å². The van der Waals surface area contributed by atoms with Gasteiger partial charge in [0, 0.05) is 16.0 Å². The van der Waals surface area contributed by atoms with Crippen LogP contribution in [0.5, 0.6) is 0 Å². The molecule has 0 saturated carbocycles. The fourth-order valence-electron chi connectivity index (χ4n) is 1.23. The lowest BCUT2D eigenvalue weighted by Gasteiger charge is -2.08. The SMILES string of the molecule is N#Cc1nccnc1Nc1ccc(F)cc1I. The first-order valence-electron chi connectivity index (χ1n) is 4.64. The molecule has 1 aromatic heterocycles. The Morgan fingerprint density at radius 2 is 2.06 bits per heavy atom. The standard InChI is InChI=1S/C11H6FIN4/c12-7-1-2-9(8(13)5-7)17-11-10(6-14)15-3-4-16-11/h1-5H,(H,16,17). The zero-order valence-electron chi connectivity index (χ0n) is 8.48. The highest BCUT2D eigenvalue weighted by Gasteiger charge is 2.07. The zero-order chi connectivity index (χ0) is 12.3. The second-order valence-corrected chi connectivity index (χ2v) is 4.28. The third-order valence-electron chi connectivity index (χ3n) is 1.99. The summed E-state index contributed by atoms with van der Waals surface area (Å²) < 4.78 is 13.6. The van der Waals surface area contributed by atoms with Crippen molar-refractivity contribution in [1.82, 2.24) is 9.97 Å². The van der Waals surface area contributed by atoms with Crippen molar-refractivity contribution in [3.8, 4) is 6.07 Å². The molecule has 2 rings (SSSR count). The van der Waals surface area contributed by atoms with Crippen molar-refractivity contribution in [1.29, 1.82) is 5.26 Å². The normalized spacial score (nSPS) is 9.71. The molecular formula is C11H6FIN4. The van der Waals surface area contributed by atoms with Crippen molar-refractivity contribution in [3.63, 3.8) is 0 Å². The topological polar surface area (TPSA) is 61.6 Å². The van der Waals surface area contributed by atoms with E-state index in [9.17, 15) is 4.39 Å². The molecule has 17 heavy (non-hydrogen) atoms. The summed E-state index contributed by atoms with van der Waals surface area (Å²) >= 11 is 2.00. The molecule has 1 aromatic carbocycles. The highest BCUT2D eigenvalue weighted by Crippen LogP contribution is 2.23. The Bertz CT molecular complexity index is 594. The molecule has 0 aliphatic rings. The summed E-state index contributed by atoms with van der Waals surface area (Å²) in [5, 5.41) is 11.8. The zero-order valence-corrected chi connectivity index (χ0v) is 10.6. The maximum atomic E-state index is 12.9. The van der Waals surface area contributed by atoms with Gasteiger partial charge in [-0.05, 0) is 40.8 Å². The number of anilines is 2. The maximum absolute atomic E-state index is 12.9. The third kappa shape index (κ3) is 2.68. The molecule has 6 heteroatoms. The van der Waals surface area contributed by atoms with Crippen LogP contribution in [-0.4, -0.2) is 9.97 Å². The van der Waals surface area contributed by atoms with Crippen molar-refractivity contribution in [3.05, 3.63) is 45.7 Å². The van der Waals surface area contributed by atoms with Gasteiger partial charge >= 0.3 is 0 Å². The van der Waals surface area contributed by atoms with Crippen LogP contribution in [0.1, 0.15) is 5.69 Å². The van der Waals surface area contributed by atoms with Gasteiger partial charge in [-0.3, -0.25) is 0 Å². The first-order chi connectivity index (χ1) is 8.20. The molecule has 2 aromatic rings. The van der Waals surface area contributed by atoms with E-state index >= 15 is 0 Å². The van der Waals surface area contributed by atoms with E-state index in [0.29, 0.717) is 15.1 Å². The van der Waals surface area contributed by atoms with Crippen molar-refractivity contribution in [2.45, 2.75) is 0 Å². The van der Waals surface area contributed by atoms with Gasteiger partial charge in [0.1, 0.15) is 11.9 Å². The minimum atomic E-state index is -0.306. The Morgan fingerprint density at radius 3 is 2.76 bits per heavy atom. The van der Waals surface area contributed by atoms with Crippen LogP contribution in [0.25, 0.3) is 0 Å². The quantitative estimate of drug-likeness (QED) is 0.854. The van der Waals surface area contributed by atoms with Gasteiger partial charge < -0.3 is 5.32 Å². The largest absolute Gasteiger partial charge is 0.337 e. The summed E-state index contributed by atoms with van der Waals surface area (Å²) in [6.07, 6.45) is 2.93. The smallest absolute Gasteiger partial charge is 0.183 e. The Hall–Kier alpha value is -1.75. The van der Waals surface area contributed by atoms with Crippen LogP contribution in [0, 0.1) is 20.7 Å². The summed E-state index contributed by atoms with van der Waals surface area (Å²) in [4.78, 5) is 7.89. The van der Waals surface area contributed by atoms with Gasteiger partial charge in [0.15, 0.2) is 11.5 Å². The Kier molecular flexibility index (Phi) is 3.49. The number of hydrogen-bond donors (Lipinski definition) is 1. The van der Waals surface area contributed by atoms with E-state index in [1.807, 2.05) is 28.7 Å². The first kappa shape index (κ1) is 11.7. The second-order valence-electron chi connectivity index (χ2n) is 3.11. The lowest BCUT2D eigenvalue weighted by molar-refractivity contribution is 0.627. The number of hydrogen-bond acceptors (Lipinski definition) is 4. The molecule has 0 atom stereocenters. The Morgan fingerprint density at radius 1 is 1.29 bits per heavy atom. The number of aromatic nitrogens is 2. The highest BCUT2D eigenvalue weighted by atomic mass is 127. The van der Waals surface area contributed by atoms with Crippen molar-refractivity contribution in [2.24, 2.45) is 0 Å². The van der Waals surface area contributed by atoms with Gasteiger partial charge in [-0.25, -0.2) is 14.4 Å². The minimum absolute atomic E-state index is 0.202. The summed E-state index contributed by atoms with van der Waals surface area (Å²) in [5.41, 5.74) is 0.886. The van der Waals surface area contributed by atoms with E-state index in [1.54, 1.807) is 6.07 Å². The van der Waals surface area contributed by atoms with E-state index in [0.717, 1.165) is 0 Å². The van der Waals surface area contributed by atoms with E-state index < -0.39 is 0 Å². The van der Waals surface area contributed by atoms with Gasteiger partial charge in [0.05, 0.1) is 5.69 Å². The summed E-state index contributed by atoms with van der Waals surface area (Å²) in [5.74, 6) is 0.0547. The van der Waals surface area contributed by atoms with Crippen molar-refractivity contribution >= 4 is 34.1 Å². The molecule has 0 aliphatic carbocycles. The third-order valence-corrected chi connectivity index (χ3v) is 2.88. The molecule has 0 bridgehead atoms. The molecule has 1 N–H and O–H groups in total. The molecule has 0 saturated heterocycles. The fourth-order valence-corrected chi connectivity index (χ4v) is 1.84. The Labute approximate surface area is 111 Å². The van der Waals surface area contributed by atoms with Gasteiger partial charge in [-0.1, -0.05) is 0 Å². The summed E-state index contributed by atoms with van der Waals surface area (Å²) in [6, 6.07) is 6.26. The minimum Gasteiger partial charge on any atom is -0.337 e. The van der Waals surface area contributed by atoms with E-state index in [4.69, 9.17) is 5.26 Å². The molecule has 0 aliphatic heterocycles. The summed E-state index contributed by atoms with van der Waals surface area (Å²) in [7, 11) is 0. The van der Waals surface area contributed by atoms with E-state index in [-0.39, 0.29) is 11.5 Å². The Balaban J connectivity index is 2.35. The molecule has 0 radical (unpaired) electrons. The molecule has 0 unspecified atom stereocenters. The molecule has 84 valence electrons. The lowest BCUT2D eigenvalue weighted by atomic mass is 10.3. The van der Waals surface area contributed by atoms with Crippen molar-refractivity contribution < 1.29 is 4.39 Å². The molecule has 0 fully saturated rings. The monoisotopic (exact) mass is 340 g/mol. The average Bonchev–Trinajstić information content (AvgIpc) is 2.33. The van der Waals surface area contributed by atoms with Crippen LogP contribution >= 0.6 is 22.6 Å². The number of rotatable bonds is 2. The predicted octanol–water partition coefficient (Wildman–Crippen LogP) is 2.84. The van der Waals surface area contributed by atoms with Crippen LogP contribution < -0.4 is 5.32 Å². The summed E-state index contributed by atoms with van der Waals surface area (Å²) in [6.45, 7) is 0. The van der Waals surface area contributed by atoms with Gasteiger partial charge in [-0.15, -0.1) is 0 Å². The number of nitrogens with one attached hydrogen (secondary N) is 1. The number of nitriles is 1. The fraction of sp³-hybridized carbons (Fsp3) is 0. The van der Waals surface area contributed by atoms with Gasteiger partial charge in [-0.2, -0.15) is 5.26 Å². The van der Waals surface area contributed by atoms with Gasteiger partial charge in [0.2, 0.25) is 0 Å². The second kappa shape index (κ2) is 5.05. The maximum Gasteiger partial charge on any atom is 0.183 e.